The molecule has 0 fully saturated rings. The van der Waals surface area contributed by atoms with Gasteiger partial charge in [0.1, 0.15) is 0 Å². The van der Waals surface area contributed by atoms with Gasteiger partial charge in [-0.25, -0.2) is 0 Å². The number of nitrogens with zero attached hydrogens (tertiary/aromatic N) is 2. The summed E-state index contributed by atoms with van der Waals surface area (Å²) in [5, 5.41) is 7.66. The Hall–Kier alpha value is -0.960. The fraction of sp³-hybridized carbons (Fsp3) is 0.375. The molecule has 0 saturated carbocycles. The number of halogens is 1. The van der Waals surface area contributed by atoms with Crippen molar-refractivity contribution >= 4 is 17.9 Å². The maximum atomic E-state index is 10.4. The molecule has 0 saturated heterocycles. The van der Waals surface area contributed by atoms with Crippen LogP contribution in [0.3, 0.4) is 0 Å². The average molecular weight is 185 g/mol. The molecule has 0 unspecified atom stereocenters. The van der Waals surface area contributed by atoms with Gasteiger partial charge in [0.15, 0.2) is 11.4 Å². The van der Waals surface area contributed by atoms with Crippen LogP contribution < -0.4 is 0 Å². The molecular weight excluding hydrogens is 176 g/mol. The summed E-state index contributed by atoms with van der Waals surface area (Å²) in [4.78, 5) is 10.4. The number of hydrogen-bond donors (Lipinski definition) is 0. The van der Waals surface area contributed by atoms with E-state index in [1.165, 1.54) is 0 Å². The van der Waals surface area contributed by atoms with Crippen molar-refractivity contribution in [2.75, 3.05) is 0 Å². The maximum Gasteiger partial charge on any atom is 0.162 e. The van der Waals surface area contributed by atoms with Gasteiger partial charge in [0.05, 0.1) is 11.3 Å². The van der Waals surface area contributed by atoms with Gasteiger partial charge in [0.2, 0.25) is 0 Å². The highest BCUT2D eigenvalue weighted by molar-refractivity contribution is 6.31. The van der Waals surface area contributed by atoms with E-state index in [2.05, 4.69) is 10.2 Å². The quantitative estimate of drug-likeness (QED) is 0.661. The molecule has 3 nitrogen and oxygen atoms in total. The lowest BCUT2D eigenvalue weighted by molar-refractivity contribution is 0.112. The van der Waals surface area contributed by atoms with Crippen LogP contribution in [0, 0.1) is 0 Å². The summed E-state index contributed by atoms with van der Waals surface area (Å²) in [7, 11) is 0. The van der Waals surface area contributed by atoms with Crippen molar-refractivity contribution in [3.63, 3.8) is 0 Å². The third-order valence-electron chi connectivity index (χ3n) is 1.51. The molecular formula is C8H9ClN2O. The molecule has 4 heteroatoms. The number of carbonyl (C=O) groups excluding carboxylic acids is 1. The number of hydrogen-bond acceptors (Lipinski definition) is 3. The lowest BCUT2D eigenvalue weighted by Crippen LogP contribution is -1.98. The minimum Gasteiger partial charge on any atom is -0.298 e. The lowest BCUT2D eigenvalue weighted by Gasteiger charge is -2.03. The third-order valence-corrected chi connectivity index (χ3v) is 1.81. The van der Waals surface area contributed by atoms with Crippen molar-refractivity contribution in [3.05, 3.63) is 22.5 Å². The molecule has 0 aromatic carbocycles. The Bertz CT molecular complexity index is 299. The summed E-state index contributed by atoms with van der Waals surface area (Å²) in [6, 6.07) is 1.66. The molecule has 1 rings (SSSR count). The van der Waals surface area contributed by atoms with Crippen LogP contribution in [0.2, 0.25) is 5.15 Å². The first-order valence-corrected chi connectivity index (χ1v) is 4.01. The second kappa shape index (κ2) is 3.63. The van der Waals surface area contributed by atoms with Crippen LogP contribution in [-0.2, 0) is 0 Å². The fourth-order valence-electron chi connectivity index (χ4n) is 0.772. The highest BCUT2D eigenvalue weighted by Crippen LogP contribution is 2.15. The predicted octanol–water partition coefficient (Wildman–Crippen LogP) is 2.07. The van der Waals surface area contributed by atoms with Gasteiger partial charge < -0.3 is 0 Å². The van der Waals surface area contributed by atoms with Gasteiger partial charge >= 0.3 is 0 Å². The Morgan fingerprint density at radius 2 is 2.17 bits per heavy atom. The van der Waals surface area contributed by atoms with E-state index in [1.807, 2.05) is 13.8 Å². The summed E-state index contributed by atoms with van der Waals surface area (Å²) < 4.78 is 0. The zero-order chi connectivity index (χ0) is 9.14. The fourth-order valence-corrected chi connectivity index (χ4v) is 0.909. The van der Waals surface area contributed by atoms with E-state index in [1.54, 1.807) is 6.07 Å². The van der Waals surface area contributed by atoms with Gasteiger partial charge in [-0.1, -0.05) is 25.4 Å². The molecule has 64 valence electrons. The minimum absolute atomic E-state index is 0.161. The van der Waals surface area contributed by atoms with Gasteiger partial charge in [-0.05, 0) is 12.0 Å². The van der Waals surface area contributed by atoms with Crippen molar-refractivity contribution in [2.45, 2.75) is 19.8 Å². The van der Waals surface area contributed by atoms with E-state index >= 15 is 0 Å². The second-order valence-corrected chi connectivity index (χ2v) is 3.15. The van der Waals surface area contributed by atoms with E-state index in [-0.39, 0.29) is 11.1 Å². The number of aldehydes is 1. The van der Waals surface area contributed by atoms with Crippen LogP contribution in [-0.4, -0.2) is 16.5 Å². The molecule has 0 aliphatic carbocycles. The van der Waals surface area contributed by atoms with Gasteiger partial charge in [0, 0.05) is 0 Å². The van der Waals surface area contributed by atoms with Gasteiger partial charge in [-0.2, -0.15) is 5.10 Å². The molecule has 0 N–H and O–H groups in total. The monoisotopic (exact) mass is 184 g/mol. The molecule has 0 spiro atoms. The van der Waals surface area contributed by atoms with Crippen LogP contribution >= 0.6 is 11.6 Å². The first-order chi connectivity index (χ1) is 5.65. The largest absolute Gasteiger partial charge is 0.298 e. The van der Waals surface area contributed by atoms with Crippen LogP contribution in [0.1, 0.15) is 35.8 Å². The third kappa shape index (κ3) is 1.80. The summed E-state index contributed by atoms with van der Waals surface area (Å²) in [6.07, 6.45) is 0.683. The van der Waals surface area contributed by atoms with Crippen molar-refractivity contribution in [1.29, 1.82) is 0 Å². The van der Waals surface area contributed by atoms with E-state index in [0.717, 1.165) is 5.69 Å². The molecule has 0 aliphatic rings. The second-order valence-electron chi connectivity index (χ2n) is 2.79. The van der Waals surface area contributed by atoms with Crippen molar-refractivity contribution < 1.29 is 4.79 Å². The topological polar surface area (TPSA) is 42.9 Å². The van der Waals surface area contributed by atoms with E-state index in [9.17, 15) is 4.79 Å². The molecule has 1 aromatic heterocycles. The summed E-state index contributed by atoms with van der Waals surface area (Å²) in [6.45, 7) is 3.96. The zero-order valence-electron chi connectivity index (χ0n) is 6.91. The predicted molar refractivity (Wildman–Crippen MR) is 46.5 cm³/mol. The molecule has 0 amide bonds. The minimum atomic E-state index is 0.161. The normalized spacial score (nSPS) is 10.3. The zero-order valence-corrected chi connectivity index (χ0v) is 7.67. The van der Waals surface area contributed by atoms with Crippen LogP contribution in [0.25, 0.3) is 0 Å². The number of carbonyl (C=O) groups is 1. The highest BCUT2D eigenvalue weighted by Gasteiger charge is 2.06. The average Bonchev–Trinajstić information content (AvgIpc) is 2.05. The molecule has 12 heavy (non-hydrogen) atoms. The Morgan fingerprint density at radius 1 is 1.50 bits per heavy atom. The van der Waals surface area contributed by atoms with E-state index in [4.69, 9.17) is 11.6 Å². The van der Waals surface area contributed by atoms with E-state index in [0.29, 0.717) is 11.8 Å². The van der Waals surface area contributed by atoms with Crippen LogP contribution in [0.5, 0.6) is 0 Å². The van der Waals surface area contributed by atoms with Gasteiger partial charge in [-0.3, -0.25) is 4.79 Å². The summed E-state index contributed by atoms with van der Waals surface area (Å²) in [5.74, 6) is 0.258. The lowest BCUT2D eigenvalue weighted by atomic mass is 10.1. The van der Waals surface area contributed by atoms with E-state index < -0.39 is 0 Å². The molecule has 1 aromatic rings. The Kier molecular flexibility index (Phi) is 2.76. The smallest absolute Gasteiger partial charge is 0.162 e. The van der Waals surface area contributed by atoms with Crippen LogP contribution in [0.4, 0.5) is 0 Å². The molecule has 0 atom stereocenters. The van der Waals surface area contributed by atoms with Crippen LogP contribution in [0.15, 0.2) is 6.07 Å². The van der Waals surface area contributed by atoms with Gasteiger partial charge in [-0.15, -0.1) is 5.10 Å². The maximum absolute atomic E-state index is 10.4. The van der Waals surface area contributed by atoms with Crippen molar-refractivity contribution in [1.82, 2.24) is 10.2 Å². The number of aromatic nitrogens is 2. The van der Waals surface area contributed by atoms with Crippen molar-refractivity contribution in [2.24, 2.45) is 0 Å². The molecule has 0 radical (unpaired) electrons. The standard InChI is InChI=1S/C8H9ClN2O/c1-5(2)7-3-6(4-12)8(9)11-10-7/h3-5H,1-2H3. The highest BCUT2D eigenvalue weighted by atomic mass is 35.5. The van der Waals surface area contributed by atoms with Gasteiger partial charge in [0.25, 0.3) is 0 Å². The Morgan fingerprint density at radius 3 is 2.67 bits per heavy atom. The Balaban J connectivity index is 3.13. The molecule has 1 heterocycles. The Labute approximate surface area is 75.8 Å². The summed E-state index contributed by atoms with van der Waals surface area (Å²) in [5.41, 5.74) is 1.18. The first kappa shape index (κ1) is 9.13. The summed E-state index contributed by atoms with van der Waals surface area (Å²) >= 11 is 5.60. The number of rotatable bonds is 2. The molecule has 0 aliphatic heterocycles. The SMILES string of the molecule is CC(C)c1cc(C=O)c(Cl)nn1. The molecule has 0 bridgehead atoms. The van der Waals surface area contributed by atoms with Crippen molar-refractivity contribution in [3.8, 4) is 0 Å². The first-order valence-electron chi connectivity index (χ1n) is 3.63.